The third-order valence-corrected chi connectivity index (χ3v) is 8.30. The summed E-state index contributed by atoms with van der Waals surface area (Å²) < 4.78 is 12.8. The van der Waals surface area contributed by atoms with Crippen LogP contribution in [-0.2, 0) is 21.0 Å². The summed E-state index contributed by atoms with van der Waals surface area (Å²) in [6.07, 6.45) is 12.2. The lowest BCUT2D eigenvalue weighted by molar-refractivity contribution is 0.262. The zero-order valence-electron chi connectivity index (χ0n) is 29.9. The largest absolute Gasteiger partial charge is 0.461 e. The molecule has 0 amide bonds. The van der Waals surface area contributed by atoms with Crippen molar-refractivity contribution in [2.75, 3.05) is 0 Å². The first-order valence-corrected chi connectivity index (χ1v) is 16.7. The lowest BCUT2D eigenvalue weighted by Gasteiger charge is -2.28. The van der Waals surface area contributed by atoms with Crippen LogP contribution in [0.5, 0.6) is 0 Å². The molecule has 0 radical (unpaired) electrons. The highest BCUT2D eigenvalue weighted by atomic mass is 35.5. The molecule has 46 heavy (non-hydrogen) atoms. The van der Waals surface area contributed by atoms with Crippen LogP contribution in [0.4, 0.5) is 0 Å². The zero-order chi connectivity index (χ0) is 34.1. The molecule has 0 saturated heterocycles. The molecule has 0 saturated carbocycles. The van der Waals surface area contributed by atoms with Gasteiger partial charge in [-0.05, 0) is 90.3 Å². The second kappa shape index (κ2) is 13.2. The smallest absolute Gasteiger partial charge is 0.360 e. The number of rotatable bonds is 5. The van der Waals surface area contributed by atoms with E-state index in [1.807, 2.05) is 24.3 Å². The highest BCUT2D eigenvalue weighted by molar-refractivity contribution is 6.31. The van der Waals surface area contributed by atoms with Crippen molar-refractivity contribution in [3.8, 4) is 11.3 Å². The van der Waals surface area contributed by atoms with Crippen LogP contribution < -0.4 is 0 Å². The van der Waals surface area contributed by atoms with E-state index < -0.39 is 0 Å². The van der Waals surface area contributed by atoms with E-state index in [2.05, 4.69) is 156 Å². The summed E-state index contributed by atoms with van der Waals surface area (Å²) in [4.78, 5) is 0. The number of hydrogen-bond donors (Lipinski definition) is 0. The van der Waals surface area contributed by atoms with Crippen LogP contribution in [0.2, 0.25) is 0 Å². The van der Waals surface area contributed by atoms with E-state index in [9.17, 15) is 0 Å². The summed E-state index contributed by atoms with van der Waals surface area (Å²) in [6, 6.07) is 21.5. The van der Waals surface area contributed by atoms with Gasteiger partial charge in [-0.25, -0.2) is 4.42 Å². The van der Waals surface area contributed by atoms with Crippen molar-refractivity contribution < 1.29 is 9.15 Å². The monoisotopic (exact) mass is 635 g/mol. The first-order valence-electron chi connectivity index (χ1n) is 16.3. The highest BCUT2D eigenvalue weighted by Gasteiger charge is 2.29. The van der Waals surface area contributed by atoms with E-state index in [4.69, 9.17) is 20.8 Å². The van der Waals surface area contributed by atoms with Crippen molar-refractivity contribution in [2.45, 2.75) is 99.3 Å². The van der Waals surface area contributed by atoms with Gasteiger partial charge in [-0.3, -0.25) is 0 Å². The van der Waals surface area contributed by atoms with Crippen molar-refractivity contribution in [3.05, 3.63) is 135 Å². The van der Waals surface area contributed by atoms with E-state index in [0.717, 1.165) is 45.3 Å². The highest BCUT2D eigenvalue weighted by Crippen LogP contribution is 2.37. The molecule has 242 valence electrons. The van der Waals surface area contributed by atoms with Crippen LogP contribution in [-0.4, -0.2) is 0 Å². The molecule has 0 bridgehead atoms. The zero-order valence-corrected chi connectivity index (χ0v) is 30.7. The van der Waals surface area contributed by atoms with Gasteiger partial charge in [0.15, 0.2) is 0 Å². The molecule has 0 fully saturated rings. The molecule has 0 atom stereocenters. The summed E-state index contributed by atoms with van der Waals surface area (Å²) in [5.41, 5.74) is 6.66. The molecule has 2 heterocycles. The Morgan fingerprint density at radius 1 is 0.652 bits per heavy atom. The predicted molar refractivity (Wildman–Crippen MR) is 199 cm³/mol. The SMILES string of the molecule is CC(C)(C)C1=C\C(=C/C=C(Cl)/C=C/c2cc(-c3ccc(C(C)(C)C)cc3)[o+]c(C(C)(C)C)c2)C=C(c2ccc(C(C)(C)C)cc2)O1. The molecule has 4 rings (SSSR count). The number of benzene rings is 2. The minimum Gasteiger partial charge on any atom is -0.461 e. The Bertz CT molecular complexity index is 1700. The van der Waals surface area contributed by atoms with Crippen LogP contribution in [0, 0.1) is 5.41 Å². The maximum Gasteiger partial charge on any atom is 0.360 e. The van der Waals surface area contributed by atoms with E-state index >= 15 is 0 Å². The molecular weight excluding hydrogens is 584 g/mol. The van der Waals surface area contributed by atoms with Gasteiger partial charge in [0.25, 0.3) is 0 Å². The molecule has 1 aliphatic heterocycles. The summed E-state index contributed by atoms with van der Waals surface area (Å²) in [6.45, 7) is 26.4. The average molecular weight is 636 g/mol. The lowest BCUT2D eigenvalue weighted by Crippen LogP contribution is -2.15. The van der Waals surface area contributed by atoms with Crippen LogP contribution in [0.25, 0.3) is 23.2 Å². The summed E-state index contributed by atoms with van der Waals surface area (Å²) in [5.74, 6) is 3.51. The maximum atomic E-state index is 6.77. The number of ether oxygens (including phenoxy) is 1. The number of hydrogen-bond acceptors (Lipinski definition) is 1. The van der Waals surface area contributed by atoms with Gasteiger partial charge in [-0.15, -0.1) is 0 Å². The summed E-state index contributed by atoms with van der Waals surface area (Å²) >= 11 is 6.77. The van der Waals surface area contributed by atoms with Crippen LogP contribution in [0.3, 0.4) is 0 Å². The molecule has 0 N–H and O–H groups in total. The maximum absolute atomic E-state index is 6.77. The van der Waals surface area contributed by atoms with Gasteiger partial charge in [0, 0.05) is 22.1 Å². The van der Waals surface area contributed by atoms with Gasteiger partial charge in [-0.2, -0.15) is 0 Å². The molecule has 0 unspecified atom stereocenters. The van der Waals surface area contributed by atoms with Gasteiger partial charge >= 0.3 is 11.5 Å². The normalized spacial score (nSPS) is 16.0. The summed E-state index contributed by atoms with van der Waals surface area (Å²) in [7, 11) is 0. The van der Waals surface area contributed by atoms with Crippen molar-refractivity contribution >= 4 is 23.4 Å². The van der Waals surface area contributed by atoms with Gasteiger partial charge in [-0.1, -0.05) is 122 Å². The Labute approximate surface area is 283 Å². The Morgan fingerprint density at radius 2 is 1.20 bits per heavy atom. The fraction of sp³-hybridized carbons (Fsp3) is 0.372. The van der Waals surface area contributed by atoms with Gasteiger partial charge < -0.3 is 4.74 Å². The van der Waals surface area contributed by atoms with Crippen molar-refractivity contribution in [1.29, 1.82) is 0 Å². The second-order valence-electron chi connectivity index (χ2n) is 16.4. The standard InChI is InChI=1S/C43H52ClO2/c1-40(2,3)33-19-15-31(16-20-33)36-25-29(27-38(45-36)42(7,8)9)13-23-35(44)24-14-30-26-37(46-39(28-30)43(10,11)12)32-17-21-34(22-18-32)41(4,5)6/h13-28H,1-12H3/q+1. The van der Waals surface area contributed by atoms with Gasteiger partial charge in [0.05, 0.1) is 17.0 Å². The first-order chi connectivity index (χ1) is 21.2. The van der Waals surface area contributed by atoms with E-state index in [1.165, 1.54) is 11.1 Å². The minimum absolute atomic E-state index is 0.0963. The fourth-order valence-corrected chi connectivity index (χ4v) is 5.06. The van der Waals surface area contributed by atoms with Crippen molar-refractivity contribution in [2.24, 2.45) is 5.41 Å². The number of halogens is 1. The van der Waals surface area contributed by atoms with Crippen molar-refractivity contribution in [3.63, 3.8) is 0 Å². The van der Waals surface area contributed by atoms with Crippen LogP contribution in [0.15, 0.2) is 112 Å². The summed E-state index contributed by atoms with van der Waals surface area (Å²) in [5, 5.41) is 0.628. The molecule has 1 aromatic heterocycles. The lowest BCUT2D eigenvalue weighted by atomic mass is 9.86. The second-order valence-corrected chi connectivity index (χ2v) is 16.9. The Morgan fingerprint density at radius 3 is 1.70 bits per heavy atom. The van der Waals surface area contributed by atoms with E-state index in [1.54, 1.807) is 0 Å². The molecule has 0 aliphatic carbocycles. The quantitative estimate of drug-likeness (QED) is 0.205. The van der Waals surface area contributed by atoms with Crippen molar-refractivity contribution in [1.82, 2.24) is 0 Å². The first kappa shape index (κ1) is 35.2. The molecule has 0 spiro atoms. The molecule has 3 aromatic rings. The number of allylic oxidation sites excluding steroid dienone is 8. The molecule has 1 aliphatic rings. The molecular formula is C43H52ClO2+. The van der Waals surface area contributed by atoms with E-state index in [0.29, 0.717) is 5.03 Å². The minimum atomic E-state index is -0.148. The topological polar surface area (TPSA) is 20.5 Å². The van der Waals surface area contributed by atoms with Gasteiger partial charge in [0.1, 0.15) is 11.5 Å². The average Bonchev–Trinajstić information content (AvgIpc) is 2.97. The molecule has 2 nitrogen and oxygen atoms in total. The van der Waals surface area contributed by atoms with E-state index in [-0.39, 0.29) is 21.7 Å². The fourth-order valence-electron chi connectivity index (χ4n) is 4.94. The molecule has 2 aromatic carbocycles. The third kappa shape index (κ3) is 9.23. The van der Waals surface area contributed by atoms with Crippen LogP contribution in [0.1, 0.15) is 111 Å². The van der Waals surface area contributed by atoms with Gasteiger partial charge in [0.2, 0.25) is 0 Å². The Kier molecular flexibility index (Phi) is 10.1. The van der Waals surface area contributed by atoms with Crippen LogP contribution >= 0.6 is 11.6 Å². The Hall–Kier alpha value is -3.62. The third-order valence-electron chi connectivity index (χ3n) is 8.05. The molecule has 3 heteroatoms. The Balaban J connectivity index is 1.65. The predicted octanol–water partition coefficient (Wildman–Crippen LogP) is 13.2.